The SMILES string of the molecule is Cc1nn(C)c(C)c1N[S+]([O-])c1ccc(-c2cc(CN3CCN(C)CC3)cc(OC(C)C)c2)cc1. The van der Waals surface area contributed by atoms with Gasteiger partial charge in [0.05, 0.1) is 17.5 Å². The molecule has 3 aromatic rings. The summed E-state index contributed by atoms with van der Waals surface area (Å²) in [6.45, 7) is 13.2. The molecule has 0 amide bonds. The highest BCUT2D eigenvalue weighted by atomic mass is 32.2. The van der Waals surface area contributed by atoms with Crippen LogP contribution in [0.4, 0.5) is 5.69 Å². The van der Waals surface area contributed by atoms with Gasteiger partial charge in [0, 0.05) is 39.8 Å². The molecule has 0 aliphatic carbocycles. The maximum atomic E-state index is 13.0. The molecule has 2 heterocycles. The van der Waals surface area contributed by atoms with Crippen molar-refractivity contribution < 1.29 is 9.29 Å². The molecule has 8 heteroatoms. The number of aromatic nitrogens is 2. The minimum atomic E-state index is -1.37. The molecular weight excluding hydrogens is 458 g/mol. The van der Waals surface area contributed by atoms with Gasteiger partial charge in [-0.1, -0.05) is 0 Å². The second kappa shape index (κ2) is 11.0. The number of benzene rings is 2. The van der Waals surface area contributed by atoms with Crippen LogP contribution in [0.25, 0.3) is 11.1 Å². The first-order chi connectivity index (χ1) is 16.7. The van der Waals surface area contributed by atoms with E-state index in [9.17, 15) is 4.55 Å². The van der Waals surface area contributed by atoms with E-state index in [-0.39, 0.29) is 6.10 Å². The number of aryl methyl sites for hydroxylation is 2. The van der Waals surface area contributed by atoms with Crippen molar-refractivity contribution in [1.29, 1.82) is 0 Å². The zero-order valence-electron chi connectivity index (χ0n) is 21.7. The van der Waals surface area contributed by atoms with Gasteiger partial charge in [-0.05, 0) is 93.9 Å². The number of hydrogen-bond acceptors (Lipinski definition) is 6. The van der Waals surface area contributed by atoms with Gasteiger partial charge in [-0.3, -0.25) is 9.58 Å². The van der Waals surface area contributed by atoms with Crippen LogP contribution in [0.3, 0.4) is 0 Å². The molecule has 2 aromatic carbocycles. The second-order valence-electron chi connectivity index (χ2n) is 9.68. The van der Waals surface area contributed by atoms with E-state index in [1.165, 1.54) is 5.56 Å². The number of nitrogens with zero attached hydrogens (tertiary/aromatic N) is 4. The standard InChI is InChI=1S/C27H37N5O2S/c1-19(2)34-25-16-22(18-32-13-11-30(5)12-14-32)15-24(17-25)23-7-9-26(10-8-23)35(33)29-27-20(3)28-31(6)21(27)4/h7-10,15-17,19,29H,11-14,18H2,1-6H3. The molecule has 1 saturated heterocycles. The largest absolute Gasteiger partial charge is 0.588 e. The average molecular weight is 496 g/mol. The van der Waals surface area contributed by atoms with E-state index in [2.05, 4.69) is 58.7 Å². The zero-order chi connectivity index (χ0) is 25.1. The van der Waals surface area contributed by atoms with E-state index in [4.69, 9.17) is 4.74 Å². The van der Waals surface area contributed by atoms with Gasteiger partial charge in [0.25, 0.3) is 0 Å². The van der Waals surface area contributed by atoms with Crippen LogP contribution in [0.2, 0.25) is 0 Å². The lowest BCUT2D eigenvalue weighted by Crippen LogP contribution is -2.43. The monoisotopic (exact) mass is 495 g/mol. The Morgan fingerprint density at radius 1 is 1.00 bits per heavy atom. The van der Waals surface area contributed by atoms with Gasteiger partial charge < -0.3 is 14.2 Å². The summed E-state index contributed by atoms with van der Waals surface area (Å²) in [5, 5.41) is 4.40. The molecular formula is C27H37N5O2S. The lowest BCUT2D eigenvalue weighted by atomic mass is 10.0. The van der Waals surface area contributed by atoms with Crippen LogP contribution >= 0.6 is 0 Å². The first-order valence-electron chi connectivity index (χ1n) is 12.2. The third-order valence-corrected chi connectivity index (χ3v) is 7.54. The topological polar surface area (TPSA) is 68.6 Å². The van der Waals surface area contributed by atoms with E-state index in [0.29, 0.717) is 0 Å². The number of likely N-dealkylation sites (N-methyl/N-ethyl adjacent to an activating group) is 1. The second-order valence-corrected chi connectivity index (χ2v) is 10.9. The lowest BCUT2D eigenvalue weighted by Gasteiger charge is -2.32. The molecule has 1 N–H and O–H groups in total. The van der Waals surface area contributed by atoms with Crippen LogP contribution in [0, 0.1) is 13.8 Å². The highest BCUT2D eigenvalue weighted by Gasteiger charge is 2.19. The maximum absolute atomic E-state index is 13.0. The number of nitrogens with one attached hydrogen (secondary N) is 1. The van der Waals surface area contributed by atoms with Crippen LogP contribution in [-0.4, -0.2) is 63.5 Å². The Hall–Kier alpha value is -2.52. The van der Waals surface area contributed by atoms with Crippen molar-refractivity contribution in [2.24, 2.45) is 7.05 Å². The number of anilines is 1. The van der Waals surface area contributed by atoms with Crippen LogP contribution in [0.15, 0.2) is 47.4 Å². The zero-order valence-corrected chi connectivity index (χ0v) is 22.5. The summed E-state index contributed by atoms with van der Waals surface area (Å²) in [7, 11) is 4.07. The summed E-state index contributed by atoms with van der Waals surface area (Å²) in [5.41, 5.74) is 6.05. The average Bonchev–Trinajstić information content (AvgIpc) is 3.06. The molecule has 1 aliphatic heterocycles. The summed E-state index contributed by atoms with van der Waals surface area (Å²) in [6.07, 6.45) is 0.108. The van der Waals surface area contributed by atoms with Gasteiger partial charge >= 0.3 is 0 Å². The fourth-order valence-corrected chi connectivity index (χ4v) is 5.35. The normalized spacial score (nSPS) is 16.0. The Kier molecular flexibility index (Phi) is 8.06. The summed E-state index contributed by atoms with van der Waals surface area (Å²) < 4.78 is 24.0. The third kappa shape index (κ3) is 6.38. The molecule has 4 rings (SSSR count). The predicted molar refractivity (Wildman–Crippen MR) is 143 cm³/mol. The molecule has 7 nitrogen and oxygen atoms in total. The Labute approximate surface area is 212 Å². The van der Waals surface area contributed by atoms with Gasteiger partial charge in [0.2, 0.25) is 0 Å². The molecule has 0 spiro atoms. The van der Waals surface area contributed by atoms with Crippen LogP contribution in [0.1, 0.15) is 30.8 Å². The summed E-state index contributed by atoms with van der Waals surface area (Å²) >= 11 is -1.37. The Morgan fingerprint density at radius 2 is 1.69 bits per heavy atom. The molecule has 1 unspecified atom stereocenters. The Bertz CT molecular complexity index is 1140. The molecule has 35 heavy (non-hydrogen) atoms. The van der Waals surface area contributed by atoms with Gasteiger partial charge in [-0.15, -0.1) is 0 Å². The van der Waals surface area contributed by atoms with E-state index < -0.39 is 11.4 Å². The van der Waals surface area contributed by atoms with Crippen molar-refractivity contribution in [3.63, 3.8) is 0 Å². The quantitative estimate of drug-likeness (QED) is 0.468. The van der Waals surface area contributed by atoms with Gasteiger partial charge in [-0.25, -0.2) is 0 Å². The van der Waals surface area contributed by atoms with Crippen LogP contribution in [-0.2, 0) is 25.0 Å². The third-order valence-electron chi connectivity index (χ3n) is 6.45. The number of rotatable bonds is 8. The van der Waals surface area contributed by atoms with E-state index in [1.807, 2.05) is 45.2 Å². The highest BCUT2D eigenvalue weighted by molar-refractivity contribution is 7.92. The molecule has 1 aliphatic rings. The number of hydrogen-bond donors (Lipinski definition) is 1. The van der Waals surface area contributed by atoms with Crippen LogP contribution in [0.5, 0.6) is 5.75 Å². The highest BCUT2D eigenvalue weighted by Crippen LogP contribution is 2.29. The lowest BCUT2D eigenvalue weighted by molar-refractivity contribution is 0.148. The Balaban J connectivity index is 1.53. The van der Waals surface area contributed by atoms with Crippen molar-refractivity contribution in [2.75, 3.05) is 37.9 Å². The molecule has 0 radical (unpaired) electrons. The first-order valence-corrected chi connectivity index (χ1v) is 13.3. The van der Waals surface area contributed by atoms with Gasteiger partial charge in [-0.2, -0.15) is 9.82 Å². The fourth-order valence-electron chi connectivity index (χ4n) is 4.37. The van der Waals surface area contributed by atoms with Crippen molar-refractivity contribution >= 4 is 17.0 Å². The molecule has 1 aromatic heterocycles. The summed E-state index contributed by atoms with van der Waals surface area (Å²) in [6, 6.07) is 14.4. The van der Waals surface area contributed by atoms with Crippen LogP contribution < -0.4 is 9.46 Å². The molecule has 1 atom stereocenters. The van der Waals surface area contributed by atoms with Crippen molar-refractivity contribution in [1.82, 2.24) is 19.6 Å². The van der Waals surface area contributed by atoms with Crippen molar-refractivity contribution in [2.45, 2.75) is 45.2 Å². The number of piperazine rings is 1. The molecule has 0 bridgehead atoms. The molecule has 188 valence electrons. The van der Waals surface area contributed by atoms with E-state index in [0.717, 1.165) is 71.6 Å². The minimum absolute atomic E-state index is 0.108. The summed E-state index contributed by atoms with van der Waals surface area (Å²) in [5.74, 6) is 0.887. The molecule has 1 fully saturated rings. The van der Waals surface area contributed by atoms with Gasteiger partial charge in [0.1, 0.15) is 22.8 Å². The first kappa shape index (κ1) is 25.6. The van der Waals surface area contributed by atoms with E-state index >= 15 is 0 Å². The fraction of sp³-hybridized carbons (Fsp3) is 0.444. The smallest absolute Gasteiger partial charge is 0.179 e. The van der Waals surface area contributed by atoms with Crippen molar-refractivity contribution in [3.8, 4) is 16.9 Å². The van der Waals surface area contributed by atoms with E-state index in [1.54, 1.807) is 4.68 Å². The molecule has 0 saturated carbocycles. The minimum Gasteiger partial charge on any atom is -0.588 e. The van der Waals surface area contributed by atoms with Crippen molar-refractivity contribution in [3.05, 3.63) is 59.4 Å². The predicted octanol–water partition coefficient (Wildman–Crippen LogP) is 4.37. The van der Waals surface area contributed by atoms with Gasteiger partial charge in [0.15, 0.2) is 4.90 Å². The Morgan fingerprint density at radius 3 is 2.29 bits per heavy atom. The summed E-state index contributed by atoms with van der Waals surface area (Å²) in [4.78, 5) is 5.60. The number of ether oxygens (including phenoxy) is 1. The maximum Gasteiger partial charge on any atom is 0.179 e.